The first kappa shape index (κ1) is 19.9. The average molecular weight is 440 g/mol. The minimum absolute atomic E-state index is 0.130. The van der Waals surface area contributed by atoms with Crippen molar-refractivity contribution in [1.29, 1.82) is 0 Å². The Balaban J connectivity index is 1.37. The first-order valence-corrected chi connectivity index (χ1v) is 10.8. The largest absolute Gasteiger partial charge is 0.326 e. The van der Waals surface area contributed by atoms with Gasteiger partial charge in [0.15, 0.2) is 5.13 Å². The van der Waals surface area contributed by atoms with Crippen molar-refractivity contribution in [3.63, 3.8) is 0 Å². The Hall–Kier alpha value is -3.37. The number of aromatic nitrogens is 3. The van der Waals surface area contributed by atoms with Gasteiger partial charge in [-0.1, -0.05) is 12.1 Å². The number of thiophene rings is 1. The summed E-state index contributed by atoms with van der Waals surface area (Å²) in [4.78, 5) is 45.1. The van der Waals surface area contributed by atoms with Crippen molar-refractivity contribution in [2.45, 2.75) is 19.9 Å². The van der Waals surface area contributed by atoms with Crippen molar-refractivity contribution in [2.75, 3.05) is 10.6 Å². The Morgan fingerprint density at radius 1 is 1.10 bits per heavy atom. The molecule has 0 bridgehead atoms. The van der Waals surface area contributed by atoms with Crippen LogP contribution in [0.3, 0.4) is 0 Å². The van der Waals surface area contributed by atoms with Crippen LogP contribution in [-0.2, 0) is 16.1 Å². The number of benzene rings is 1. The summed E-state index contributed by atoms with van der Waals surface area (Å²) in [7, 11) is 0. The van der Waals surface area contributed by atoms with Gasteiger partial charge in [-0.3, -0.25) is 19.0 Å². The maximum absolute atomic E-state index is 12.4. The topological polar surface area (TPSA) is 106 Å². The van der Waals surface area contributed by atoms with Crippen LogP contribution < -0.4 is 16.2 Å². The van der Waals surface area contributed by atoms with Crippen LogP contribution >= 0.6 is 22.7 Å². The summed E-state index contributed by atoms with van der Waals surface area (Å²) in [5.74, 6) is -0.357. The monoisotopic (exact) mass is 439 g/mol. The Labute approximate surface area is 179 Å². The normalized spacial score (nSPS) is 10.8. The zero-order chi connectivity index (χ0) is 21.1. The molecule has 0 saturated carbocycles. The van der Waals surface area contributed by atoms with Gasteiger partial charge in [-0.05, 0) is 23.6 Å². The van der Waals surface area contributed by atoms with E-state index in [1.165, 1.54) is 40.5 Å². The molecule has 2 N–H and O–H groups in total. The number of hydrogen-bond acceptors (Lipinski definition) is 7. The Kier molecular flexibility index (Phi) is 5.68. The third-order valence-electron chi connectivity index (χ3n) is 4.28. The van der Waals surface area contributed by atoms with Crippen LogP contribution in [0.2, 0.25) is 0 Å². The molecule has 8 nitrogen and oxygen atoms in total. The highest BCUT2D eigenvalue weighted by Gasteiger charge is 2.10. The van der Waals surface area contributed by atoms with Crippen molar-refractivity contribution < 1.29 is 9.59 Å². The summed E-state index contributed by atoms with van der Waals surface area (Å²) in [5, 5.41) is 10.2. The summed E-state index contributed by atoms with van der Waals surface area (Å²) < 4.78 is 1.44. The molecule has 0 aliphatic rings. The predicted molar refractivity (Wildman–Crippen MR) is 119 cm³/mol. The number of carbonyl (C=O) groups excluding carboxylic acids is 2. The molecule has 0 atom stereocenters. The van der Waals surface area contributed by atoms with Crippen LogP contribution in [0.4, 0.5) is 10.8 Å². The highest BCUT2D eigenvalue weighted by atomic mass is 32.1. The number of nitrogens with zero attached hydrogens (tertiary/aromatic N) is 3. The van der Waals surface area contributed by atoms with Crippen LogP contribution in [0.25, 0.3) is 21.5 Å². The van der Waals surface area contributed by atoms with Gasteiger partial charge in [-0.15, -0.1) is 22.7 Å². The molecule has 30 heavy (non-hydrogen) atoms. The van der Waals surface area contributed by atoms with E-state index in [-0.39, 0.29) is 30.3 Å². The Morgan fingerprint density at radius 3 is 2.67 bits per heavy atom. The molecule has 1 aromatic carbocycles. The SMILES string of the molecule is CC(=O)Nc1ccc(-c2csc(NC(=O)CCn3cnc4sccc4c3=O)n2)cc1. The van der Waals surface area contributed by atoms with E-state index in [1.54, 1.807) is 18.2 Å². The van der Waals surface area contributed by atoms with Crippen molar-refractivity contribution in [2.24, 2.45) is 0 Å². The van der Waals surface area contributed by atoms with Crippen LogP contribution in [0.15, 0.2) is 52.2 Å². The van der Waals surface area contributed by atoms with Crippen molar-refractivity contribution >= 4 is 55.5 Å². The van der Waals surface area contributed by atoms with E-state index in [9.17, 15) is 14.4 Å². The fraction of sp³-hybridized carbons (Fsp3) is 0.150. The van der Waals surface area contributed by atoms with Crippen LogP contribution in [0.1, 0.15) is 13.3 Å². The van der Waals surface area contributed by atoms with E-state index in [1.807, 2.05) is 22.9 Å². The minimum atomic E-state index is -0.228. The molecule has 4 aromatic rings. The lowest BCUT2D eigenvalue weighted by molar-refractivity contribution is -0.116. The van der Waals surface area contributed by atoms with E-state index in [0.717, 1.165) is 11.3 Å². The minimum Gasteiger partial charge on any atom is -0.326 e. The molecule has 152 valence electrons. The van der Waals surface area contributed by atoms with Gasteiger partial charge >= 0.3 is 0 Å². The second-order valence-corrected chi connectivity index (χ2v) is 8.23. The molecular weight excluding hydrogens is 422 g/mol. The summed E-state index contributed by atoms with van der Waals surface area (Å²) in [6.45, 7) is 1.70. The highest BCUT2D eigenvalue weighted by Crippen LogP contribution is 2.26. The van der Waals surface area contributed by atoms with Crippen LogP contribution in [0.5, 0.6) is 0 Å². The lowest BCUT2D eigenvalue weighted by Crippen LogP contribution is -2.23. The van der Waals surface area contributed by atoms with Crippen LogP contribution in [-0.4, -0.2) is 26.3 Å². The predicted octanol–water partition coefficient (Wildman–Crippen LogP) is 3.57. The van der Waals surface area contributed by atoms with Gasteiger partial charge in [0, 0.05) is 36.5 Å². The number of amides is 2. The zero-order valence-corrected chi connectivity index (χ0v) is 17.5. The third kappa shape index (κ3) is 4.44. The molecule has 3 heterocycles. The summed E-state index contributed by atoms with van der Waals surface area (Å²) >= 11 is 2.73. The van der Waals surface area contributed by atoms with Gasteiger partial charge in [0.1, 0.15) is 4.83 Å². The van der Waals surface area contributed by atoms with Crippen LogP contribution in [0, 0.1) is 0 Å². The molecule has 0 fully saturated rings. The van der Waals surface area contributed by atoms with E-state index in [2.05, 4.69) is 20.6 Å². The second kappa shape index (κ2) is 8.56. The fourth-order valence-electron chi connectivity index (χ4n) is 2.85. The molecule has 4 rings (SSSR count). The lowest BCUT2D eigenvalue weighted by Gasteiger charge is -2.05. The first-order chi connectivity index (χ1) is 14.5. The summed E-state index contributed by atoms with van der Waals surface area (Å²) in [6, 6.07) is 9.04. The maximum Gasteiger partial charge on any atom is 0.262 e. The molecule has 10 heteroatoms. The Morgan fingerprint density at radius 2 is 1.90 bits per heavy atom. The number of thiazole rings is 1. The molecule has 2 amide bonds. The summed E-state index contributed by atoms with van der Waals surface area (Å²) in [6.07, 6.45) is 1.61. The number of aryl methyl sites for hydroxylation is 1. The highest BCUT2D eigenvalue weighted by molar-refractivity contribution is 7.16. The van der Waals surface area contributed by atoms with Crippen molar-refractivity contribution in [3.05, 3.63) is 57.8 Å². The number of hydrogen-bond donors (Lipinski definition) is 2. The molecule has 0 saturated heterocycles. The number of nitrogens with one attached hydrogen (secondary N) is 2. The van der Waals surface area contributed by atoms with Gasteiger partial charge in [0.2, 0.25) is 11.8 Å². The van der Waals surface area contributed by atoms with E-state index in [4.69, 9.17) is 0 Å². The summed E-state index contributed by atoms with van der Waals surface area (Å²) in [5.41, 5.74) is 2.17. The van der Waals surface area contributed by atoms with Gasteiger partial charge in [-0.25, -0.2) is 9.97 Å². The zero-order valence-electron chi connectivity index (χ0n) is 15.9. The molecule has 0 radical (unpaired) electrons. The molecule has 0 spiro atoms. The van der Waals surface area contributed by atoms with E-state index in [0.29, 0.717) is 21.0 Å². The molecule has 0 aliphatic heterocycles. The van der Waals surface area contributed by atoms with Gasteiger partial charge in [0.05, 0.1) is 17.4 Å². The average Bonchev–Trinajstić information content (AvgIpc) is 3.37. The van der Waals surface area contributed by atoms with Crippen molar-refractivity contribution in [3.8, 4) is 11.3 Å². The first-order valence-electron chi connectivity index (χ1n) is 9.05. The van der Waals surface area contributed by atoms with Gasteiger partial charge in [-0.2, -0.15) is 0 Å². The number of fused-ring (bicyclic) bond motifs is 1. The standard InChI is InChI=1S/C20H17N5O3S2/c1-12(26)22-14-4-2-13(3-5-14)16-10-30-20(23-16)24-17(27)6-8-25-11-21-18-15(19(25)28)7-9-29-18/h2-5,7,9-11H,6,8H2,1H3,(H,22,26)(H,23,24,27). The van der Waals surface area contributed by atoms with E-state index < -0.39 is 0 Å². The number of carbonyl (C=O) groups is 2. The van der Waals surface area contributed by atoms with Gasteiger partial charge in [0.25, 0.3) is 5.56 Å². The molecule has 0 unspecified atom stereocenters. The Bertz CT molecular complexity index is 1270. The molecular formula is C20H17N5O3S2. The fourth-order valence-corrected chi connectivity index (χ4v) is 4.31. The van der Waals surface area contributed by atoms with Crippen molar-refractivity contribution in [1.82, 2.24) is 14.5 Å². The lowest BCUT2D eigenvalue weighted by atomic mass is 10.1. The van der Waals surface area contributed by atoms with Gasteiger partial charge < -0.3 is 10.6 Å². The smallest absolute Gasteiger partial charge is 0.262 e. The quantitative estimate of drug-likeness (QED) is 0.478. The number of anilines is 2. The maximum atomic E-state index is 12.4. The molecule has 0 aliphatic carbocycles. The molecule has 3 aromatic heterocycles. The third-order valence-corrected chi connectivity index (χ3v) is 5.86. The number of rotatable bonds is 6. The second-order valence-electron chi connectivity index (χ2n) is 6.48. The van der Waals surface area contributed by atoms with E-state index >= 15 is 0 Å².